The lowest BCUT2D eigenvalue weighted by Crippen LogP contribution is -2.37. The third-order valence-corrected chi connectivity index (χ3v) is 2.75. The van der Waals surface area contributed by atoms with Gasteiger partial charge in [-0.15, -0.1) is 0 Å². The highest BCUT2D eigenvalue weighted by Gasteiger charge is 2.23. The minimum atomic E-state index is -0.325. The van der Waals surface area contributed by atoms with E-state index < -0.39 is 0 Å². The number of fused-ring (bicyclic) bond motifs is 1. The van der Waals surface area contributed by atoms with Gasteiger partial charge in [-0.05, 0) is 24.1 Å². The van der Waals surface area contributed by atoms with Crippen LogP contribution in [0.1, 0.15) is 18.9 Å². The molecule has 0 unspecified atom stereocenters. The van der Waals surface area contributed by atoms with E-state index in [1.165, 1.54) is 6.92 Å². The minimum Gasteiger partial charge on any atom is -0.464 e. The molecule has 0 aromatic heterocycles. The first-order chi connectivity index (χ1) is 8.18. The van der Waals surface area contributed by atoms with E-state index in [2.05, 4.69) is 6.07 Å². The lowest BCUT2D eigenvalue weighted by Gasteiger charge is -2.29. The van der Waals surface area contributed by atoms with Crippen molar-refractivity contribution >= 4 is 17.6 Å². The second-order valence-corrected chi connectivity index (χ2v) is 3.94. The molecule has 17 heavy (non-hydrogen) atoms. The van der Waals surface area contributed by atoms with Crippen LogP contribution in [0.25, 0.3) is 0 Å². The fourth-order valence-corrected chi connectivity index (χ4v) is 1.95. The van der Waals surface area contributed by atoms with Crippen LogP contribution >= 0.6 is 0 Å². The first kappa shape index (κ1) is 11.6. The van der Waals surface area contributed by atoms with Crippen molar-refractivity contribution in [3.05, 3.63) is 29.8 Å². The van der Waals surface area contributed by atoms with Gasteiger partial charge < -0.3 is 9.64 Å². The summed E-state index contributed by atoms with van der Waals surface area (Å²) in [7, 11) is 0. The minimum absolute atomic E-state index is 0.0734. The number of aryl methyl sites for hydroxylation is 1. The molecule has 1 aromatic rings. The second-order valence-electron chi connectivity index (χ2n) is 3.94. The fraction of sp³-hybridized carbons (Fsp3) is 0.385. The van der Waals surface area contributed by atoms with Crippen LogP contribution in [0.3, 0.4) is 0 Å². The maximum atomic E-state index is 11.8. The molecule has 89 valence electrons. The second kappa shape index (κ2) is 4.99. The first-order valence-corrected chi connectivity index (χ1v) is 5.61. The van der Waals surface area contributed by atoms with Crippen molar-refractivity contribution in [1.82, 2.24) is 0 Å². The lowest BCUT2D eigenvalue weighted by atomic mass is 10.0. The number of ether oxygens (including phenoxy) is 1. The van der Waals surface area contributed by atoms with Crippen molar-refractivity contribution < 1.29 is 14.3 Å². The zero-order valence-corrected chi connectivity index (χ0v) is 9.73. The standard InChI is InChI=1S/C13H14NO3/c1-10(15)17-9-8-14-12-5-3-2-4-11(12)6-7-13(14)16/h2,4-5H,6-9H2,1H3. The monoisotopic (exact) mass is 232 g/mol. The Labute approximate surface area is 100 Å². The Kier molecular flexibility index (Phi) is 3.42. The van der Waals surface area contributed by atoms with Gasteiger partial charge in [-0.2, -0.15) is 0 Å². The number of hydrogen-bond acceptors (Lipinski definition) is 3. The van der Waals surface area contributed by atoms with Crippen LogP contribution < -0.4 is 4.90 Å². The number of rotatable bonds is 3. The summed E-state index contributed by atoms with van der Waals surface area (Å²) in [5, 5.41) is 0. The summed E-state index contributed by atoms with van der Waals surface area (Å²) in [6.07, 6.45) is 1.28. The van der Waals surface area contributed by atoms with Crippen molar-refractivity contribution in [3.63, 3.8) is 0 Å². The summed E-state index contributed by atoms with van der Waals surface area (Å²) in [6.45, 7) is 2.00. The van der Waals surface area contributed by atoms with Crippen molar-refractivity contribution in [2.24, 2.45) is 0 Å². The van der Waals surface area contributed by atoms with Crippen LogP contribution in [0.5, 0.6) is 0 Å². The predicted octanol–water partition coefficient (Wildman–Crippen LogP) is 1.33. The Hall–Kier alpha value is -1.84. The number of esters is 1. The molecule has 1 amide bonds. The molecule has 1 heterocycles. The molecule has 1 aliphatic rings. The van der Waals surface area contributed by atoms with E-state index in [1.807, 2.05) is 12.1 Å². The quantitative estimate of drug-likeness (QED) is 0.738. The highest BCUT2D eigenvalue weighted by Crippen LogP contribution is 2.26. The van der Waals surface area contributed by atoms with Gasteiger partial charge in [0.1, 0.15) is 6.61 Å². The molecule has 0 saturated carbocycles. The third kappa shape index (κ3) is 2.64. The molecule has 2 rings (SSSR count). The van der Waals surface area contributed by atoms with Gasteiger partial charge in [-0.25, -0.2) is 0 Å². The van der Waals surface area contributed by atoms with Gasteiger partial charge in [0.05, 0.1) is 6.54 Å². The van der Waals surface area contributed by atoms with E-state index in [0.29, 0.717) is 13.0 Å². The van der Waals surface area contributed by atoms with Gasteiger partial charge in [0.25, 0.3) is 0 Å². The van der Waals surface area contributed by atoms with E-state index in [0.717, 1.165) is 17.7 Å². The van der Waals surface area contributed by atoms with E-state index in [-0.39, 0.29) is 18.5 Å². The number of anilines is 1. The Balaban J connectivity index is 2.10. The van der Waals surface area contributed by atoms with Gasteiger partial charge in [-0.3, -0.25) is 9.59 Å². The molecule has 0 atom stereocenters. The van der Waals surface area contributed by atoms with Gasteiger partial charge in [0.2, 0.25) is 5.91 Å². The van der Waals surface area contributed by atoms with Crippen LogP contribution in [0, 0.1) is 6.07 Å². The topological polar surface area (TPSA) is 46.6 Å². The SMILES string of the molecule is CC(=O)OCCN1C(=O)CCc2cc[c]cc21. The fourth-order valence-electron chi connectivity index (χ4n) is 1.95. The Morgan fingerprint density at radius 3 is 3.12 bits per heavy atom. The Bertz CT molecular complexity index is 442. The van der Waals surface area contributed by atoms with Crippen LogP contribution in [0.15, 0.2) is 18.2 Å². The molecule has 1 aliphatic heterocycles. The third-order valence-electron chi connectivity index (χ3n) is 2.75. The number of carbonyl (C=O) groups excluding carboxylic acids is 2. The zero-order valence-electron chi connectivity index (χ0n) is 9.73. The summed E-state index contributed by atoms with van der Waals surface area (Å²) < 4.78 is 4.86. The average molecular weight is 232 g/mol. The molecule has 0 N–H and O–H groups in total. The smallest absolute Gasteiger partial charge is 0.302 e. The highest BCUT2D eigenvalue weighted by atomic mass is 16.5. The molecule has 1 radical (unpaired) electrons. The number of benzene rings is 1. The summed E-state index contributed by atoms with van der Waals surface area (Å²) in [5.41, 5.74) is 2.03. The molecule has 0 spiro atoms. The number of nitrogens with zero attached hydrogens (tertiary/aromatic N) is 1. The molecule has 0 saturated heterocycles. The Morgan fingerprint density at radius 1 is 1.53 bits per heavy atom. The van der Waals surface area contributed by atoms with Gasteiger partial charge in [-0.1, -0.05) is 12.1 Å². The maximum absolute atomic E-state index is 11.8. The van der Waals surface area contributed by atoms with Crippen molar-refractivity contribution in [3.8, 4) is 0 Å². The van der Waals surface area contributed by atoms with E-state index >= 15 is 0 Å². The zero-order chi connectivity index (χ0) is 12.3. The largest absolute Gasteiger partial charge is 0.464 e. The van der Waals surface area contributed by atoms with E-state index in [4.69, 9.17) is 4.74 Å². The Morgan fingerprint density at radius 2 is 2.35 bits per heavy atom. The summed E-state index contributed by atoms with van der Waals surface area (Å²) in [5.74, 6) is -0.251. The van der Waals surface area contributed by atoms with Crippen LogP contribution in [-0.2, 0) is 20.7 Å². The molecule has 1 aromatic carbocycles. The first-order valence-electron chi connectivity index (χ1n) is 5.61. The molecule has 0 bridgehead atoms. The summed E-state index contributed by atoms with van der Waals surface area (Å²) in [6, 6.07) is 8.59. The highest BCUT2D eigenvalue weighted by molar-refractivity contribution is 5.96. The maximum Gasteiger partial charge on any atom is 0.302 e. The van der Waals surface area contributed by atoms with Gasteiger partial charge in [0, 0.05) is 19.0 Å². The van der Waals surface area contributed by atoms with E-state index in [1.54, 1.807) is 11.0 Å². The van der Waals surface area contributed by atoms with Gasteiger partial charge >= 0.3 is 5.97 Å². The van der Waals surface area contributed by atoms with Gasteiger partial charge in [0.15, 0.2) is 0 Å². The normalized spacial score (nSPS) is 14.4. The van der Waals surface area contributed by atoms with Crippen LogP contribution in [0.4, 0.5) is 5.69 Å². The number of hydrogen-bond donors (Lipinski definition) is 0. The van der Waals surface area contributed by atoms with Crippen molar-refractivity contribution in [2.45, 2.75) is 19.8 Å². The number of amides is 1. The van der Waals surface area contributed by atoms with Crippen LogP contribution in [-0.4, -0.2) is 25.0 Å². The average Bonchev–Trinajstić information content (AvgIpc) is 2.32. The number of carbonyl (C=O) groups is 2. The summed E-state index contributed by atoms with van der Waals surface area (Å²) >= 11 is 0. The summed E-state index contributed by atoms with van der Waals surface area (Å²) in [4.78, 5) is 24.1. The molecular formula is C13H14NO3. The molecule has 0 aliphatic carbocycles. The molecule has 4 heteroatoms. The predicted molar refractivity (Wildman–Crippen MR) is 62.6 cm³/mol. The lowest BCUT2D eigenvalue weighted by molar-refractivity contribution is -0.141. The van der Waals surface area contributed by atoms with Crippen molar-refractivity contribution in [1.29, 1.82) is 0 Å². The molecule has 0 fully saturated rings. The van der Waals surface area contributed by atoms with Crippen molar-refractivity contribution in [2.75, 3.05) is 18.1 Å². The molecular weight excluding hydrogens is 218 g/mol. The van der Waals surface area contributed by atoms with E-state index in [9.17, 15) is 9.59 Å². The van der Waals surface area contributed by atoms with Crippen LogP contribution in [0.2, 0.25) is 0 Å². The molecule has 4 nitrogen and oxygen atoms in total.